The molecule has 2 aromatic heterocycles. The number of rotatable bonds is 4. The van der Waals surface area contributed by atoms with Crippen LogP contribution < -0.4 is 10.9 Å². The average molecular weight is 445 g/mol. The molecule has 5 aromatic rings. The highest BCUT2D eigenvalue weighted by Crippen LogP contribution is 2.30. The first kappa shape index (κ1) is 20.5. The lowest BCUT2D eigenvalue weighted by Gasteiger charge is -2.10. The van der Waals surface area contributed by atoms with E-state index in [0.717, 1.165) is 9.25 Å². The number of alkyl halides is 2. The van der Waals surface area contributed by atoms with E-state index in [4.69, 9.17) is 0 Å². The van der Waals surface area contributed by atoms with Gasteiger partial charge in [0.1, 0.15) is 5.82 Å². The van der Waals surface area contributed by atoms with E-state index in [0.29, 0.717) is 33.1 Å². The summed E-state index contributed by atoms with van der Waals surface area (Å²) in [6, 6.07) is 19.9. The van der Waals surface area contributed by atoms with Crippen molar-refractivity contribution in [2.24, 2.45) is 7.05 Å². The van der Waals surface area contributed by atoms with Gasteiger partial charge in [-0.3, -0.25) is 14.2 Å². The number of para-hydroxylation sites is 2. The standard InChI is InChI=1S/C24H17F2N5O2/c1-30-23(33)17-7-3-2-6-16(17)20(29-30)22(32)27-15-12-10-14(11-13-15)21-28-18-8-4-5-9-19(18)31(21)24(25)26/h2-13,24H,1H3,(H,27,32). The van der Waals surface area contributed by atoms with Gasteiger partial charge in [-0.15, -0.1) is 0 Å². The summed E-state index contributed by atoms with van der Waals surface area (Å²) in [5, 5.41) is 7.70. The fraction of sp³-hybridized carbons (Fsp3) is 0.0833. The molecule has 0 fully saturated rings. The van der Waals surface area contributed by atoms with Crippen molar-refractivity contribution >= 4 is 33.4 Å². The van der Waals surface area contributed by atoms with Gasteiger partial charge in [-0.25, -0.2) is 9.67 Å². The van der Waals surface area contributed by atoms with E-state index in [1.807, 2.05) is 0 Å². The lowest BCUT2D eigenvalue weighted by molar-refractivity contribution is 0.0764. The maximum absolute atomic E-state index is 13.7. The molecule has 9 heteroatoms. The largest absolute Gasteiger partial charge is 0.321 e. The molecular weight excluding hydrogens is 428 g/mol. The Morgan fingerprint density at radius 1 is 0.939 bits per heavy atom. The van der Waals surface area contributed by atoms with Crippen LogP contribution >= 0.6 is 0 Å². The molecule has 164 valence electrons. The molecule has 0 aliphatic rings. The number of anilines is 1. The summed E-state index contributed by atoms with van der Waals surface area (Å²) in [5.41, 5.74) is 1.55. The summed E-state index contributed by atoms with van der Waals surface area (Å²) < 4.78 is 29.5. The van der Waals surface area contributed by atoms with E-state index >= 15 is 0 Å². The van der Waals surface area contributed by atoms with E-state index in [1.165, 1.54) is 7.05 Å². The molecule has 2 heterocycles. The molecule has 0 saturated heterocycles. The molecule has 7 nitrogen and oxygen atoms in total. The highest BCUT2D eigenvalue weighted by molar-refractivity contribution is 6.11. The number of carbonyl (C=O) groups excluding carboxylic acids is 1. The number of aromatic nitrogens is 4. The van der Waals surface area contributed by atoms with Gasteiger partial charge in [0.15, 0.2) is 5.69 Å². The van der Waals surface area contributed by atoms with Gasteiger partial charge >= 0.3 is 6.55 Å². The predicted molar refractivity (Wildman–Crippen MR) is 121 cm³/mol. The van der Waals surface area contributed by atoms with Crippen molar-refractivity contribution in [1.29, 1.82) is 0 Å². The molecular formula is C24H17F2N5O2. The van der Waals surface area contributed by atoms with Crippen LogP contribution in [0.4, 0.5) is 14.5 Å². The summed E-state index contributed by atoms with van der Waals surface area (Å²) in [5.74, 6) is -0.357. The maximum atomic E-state index is 13.7. The van der Waals surface area contributed by atoms with Crippen LogP contribution in [0.5, 0.6) is 0 Å². The maximum Gasteiger partial charge on any atom is 0.320 e. The number of amides is 1. The Labute approximate surface area is 185 Å². The number of fused-ring (bicyclic) bond motifs is 2. The smallest absolute Gasteiger partial charge is 0.320 e. The lowest BCUT2D eigenvalue weighted by Crippen LogP contribution is -2.25. The van der Waals surface area contributed by atoms with Gasteiger partial charge in [-0.2, -0.15) is 13.9 Å². The molecule has 0 aliphatic heterocycles. The molecule has 0 atom stereocenters. The third-order valence-electron chi connectivity index (χ3n) is 5.36. The Hall–Kier alpha value is -4.40. The monoisotopic (exact) mass is 445 g/mol. The fourth-order valence-electron chi connectivity index (χ4n) is 3.81. The van der Waals surface area contributed by atoms with Crippen molar-refractivity contribution < 1.29 is 13.6 Å². The molecule has 1 N–H and O–H groups in total. The van der Waals surface area contributed by atoms with Crippen molar-refractivity contribution in [3.05, 3.63) is 88.8 Å². The van der Waals surface area contributed by atoms with Crippen LogP contribution in [0.15, 0.2) is 77.6 Å². The van der Waals surface area contributed by atoms with Crippen LogP contribution in [-0.4, -0.2) is 25.2 Å². The number of halogens is 2. The zero-order valence-electron chi connectivity index (χ0n) is 17.4. The number of aryl methyl sites for hydroxylation is 1. The van der Waals surface area contributed by atoms with E-state index < -0.39 is 12.5 Å². The quantitative estimate of drug-likeness (QED) is 0.439. The second kappa shape index (κ2) is 7.94. The Bertz CT molecular complexity index is 1570. The summed E-state index contributed by atoms with van der Waals surface area (Å²) in [6.45, 7) is -2.75. The minimum Gasteiger partial charge on any atom is -0.321 e. The highest BCUT2D eigenvalue weighted by atomic mass is 19.3. The number of benzene rings is 3. The van der Waals surface area contributed by atoms with Crippen LogP contribution in [0.25, 0.3) is 33.2 Å². The van der Waals surface area contributed by atoms with Crippen LogP contribution in [0.3, 0.4) is 0 Å². The first-order chi connectivity index (χ1) is 15.9. The molecule has 3 aromatic carbocycles. The van der Waals surface area contributed by atoms with Crippen molar-refractivity contribution in [2.45, 2.75) is 6.55 Å². The first-order valence-corrected chi connectivity index (χ1v) is 10.1. The van der Waals surface area contributed by atoms with E-state index in [9.17, 15) is 18.4 Å². The molecule has 5 rings (SSSR count). The second-order valence-corrected chi connectivity index (χ2v) is 7.43. The first-order valence-electron chi connectivity index (χ1n) is 10.1. The normalized spacial score (nSPS) is 11.4. The van der Waals surface area contributed by atoms with Crippen molar-refractivity contribution in [2.75, 3.05) is 5.32 Å². The molecule has 0 aliphatic carbocycles. The Balaban J connectivity index is 1.48. The zero-order valence-corrected chi connectivity index (χ0v) is 17.4. The minimum atomic E-state index is -2.75. The third kappa shape index (κ3) is 3.53. The van der Waals surface area contributed by atoms with Gasteiger partial charge in [-0.05, 0) is 42.5 Å². The van der Waals surface area contributed by atoms with Gasteiger partial charge in [0.25, 0.3) is 11.5 Å². The lowest BCUT2D eigenvalue weighted by atomic mass is 10.1. The molecule has 0 radical (unpaired) electrons. The number of hydrogen-bond donors (Lipinski definition) is 1. The van der Waals surface area contributed by atoms with Crippen molar-refractivity contribution in [3.8, 4) is 11.4 Å². The Morgan fingerprint density at radius 2 is 1.61 bits per heavy atom. The van der Waals surface area contributed by atoms with Gasteiger partial charge in [0.2, 0.25) is 0 Å². The molecule has 0 unspecified atom stereocenters. The molecule has 0 bridgehead atoms. The van der Waals surface area contributed by atoms with Crippen LogP contribution in [0.1, 0.15) is 17.0 Å². The number of nitrogens with one attached hydrogen (secondary N) is 1. The number of imidazole rings is 1. The van der Waals surface area contributed by atoms with Crippen molar-refractivity contribution in [3.63, 3.8) is 0 Å². The molecule has 1 amide bonds. The summed E-state index contributed by atoms with van der Waals surface area (Å²) in [4.78, 5) is 29.5. The highest BCUT2D eigenvalue weighted by Gasteiger charge is 2.19. The van der Waals surface area contributed by atoms with E-state index in [-0.39, 0.29) is 17.1 Å². The summed E-state index contributed by atoms with van der Waals surface area (Å²) in [6.07, 6.45) is 0. The topological polar surface area (TPSA) is 81.8 Å². The fourth-order valence-corrected chi connectivity index (χ4v) is 3.81. The second-order valence-electron chi connectivity index (χ2n) is 7.43. The minimum absolute atomic E-state index is 0.108. The molecule has 0 spiro atoms. The SMILES string of the molecule is Cn1nc(C(=O)Nc2ccc(-c3nc4ccccc4n3C(F)F)cc2)c2ccccc2c1=O. The molecule has 33 heavy (non-hydrogen) atoms. The van der Waals surface area contributed by atoms with Gasteiger partial charge in [0.05, 0.1) is 16.4 Å². The van der Waals surface area contributed by atoms with Crippen LogP contribution in [0.2, 0.25) is 0 Å². The Kier molecular flexibility index (Phi) is 4.93. The van der Waals surface area contributed by atoms with Gasteiger partial charge < -0.3 is 5.32 Å². The number of nitrogens with zero attached hydrogens (tertiary/aromatic N) is 4. The number of carbonyl (C=O) groups is 1. The van der Waals surface area contributed by atoms with E-state index in [2.05, 4.69) is 15.4 Å². The predicted octanol–water partition coefficient (Wildman–Crippen LogP) is 4.60. The molecule has 0 saturated carbocycles. The van der Waals surface area contributed by atoms with Crippen LogP contribution in [0, 0.1) is 0 Å². The Morgan fingerprint density at radius 3 is 2.33 bits per heavy atom. The summed E-state index contributed by atoms with van der Waals surface area (Å²) in [7, 11) is 1.48. The van der Waals surface area contributed by atoms with Gasteiger partial charge in [0, 0.05) is 23.7 Å². The average Bonchev–Trinajstić information content (AvgIpc) is 3.22. The van der Waals surface area contributed by atoms with Crippen molar-refractivity contribution in [1.82, 2.24) is 19.3 Å². The van der Waals surface area contributed by atoms with Gasteiger partial charge in [-0.1, -0.05) is 30.3 Å². The number of hydrogen-bond acceptors (Lipinski definition) is 4. The van der Waals surface area contributed by atoms with E-state index in [1.54, 1.807) is 72.8 Å². The van der Waals surface area contributed by atoms with Crippen LogP contribution in [-0.2, 0) is 7.05 Å². The zero-order chi connectivity index (χ0) is 23.1. The third-order valence-corrected chi connectivity index (χ3v) is 5.36. The summed E-state index contributed by atoms with van der Waals surface area (Å²) >= 11 is 0.